The predicted octanol–water partition coefficient (Wildman–Crippen LogP) is 0.431. The van der Waals surface area contributed by atoms with E-state index in [2.05, 4.69) is 4.74 Å². The molecular formula is C8H14O5. The maximum Gasteiger partial charge on any atom is 0.303 e. The van der Waals surface area contributed by atoms with Crippen molar-refractivity contribution in [1.29, 1.82) is 0 Å². The van der Waals surface area contributed by atoms with Crippen molar-refractivity contribution in [1.82, 2.24) is 0 Å². The van der Waals surface area contributed by atoms with Gasteiger partial charge in [0.1, 0.15) is 0 Å². The van der Waals surface area contributed by atoms with E-state index in [-0.39, 0.29) is 6.42 Å². The molecule has 0 spiro atoms. The molecule has 0 heterocycles. The van der Waals surface area contributed by atoms with Gasteiger partial charge in [0.05, 0.1) is 6.61 Å². The zero-order valence-electron chi connectivity index (χ0n) is 7.40. The van der Waals surface area contributed by atoms with Crippen LogP contribution in [0.25, 0.3) is 0 Å². The molecule has 0 fully saturated rings. The molecule has 1 N–H and O–H groups in total. The number of aliphatic carboxylic acids is 1. The highest BCUT2D eigenvalue weighted by Gasteiger charge is 1.95. The Kier molecular flexibility index (Phi) is 8.23. The summed E-state index contributed by atoms with van der Waals surface area (Å²) in [5.74, 6) is -0.812. The topological polar surface area (TPSA) is 72.8 Å². The Morgan fingerprint density at radius 2 is 1.92 bits per heavy atom. The fourth-order valence-corrected chi connectivity index (χ4v) is 0.720. The molecule has 0 radical (unpaired) electrons. The fraction of sp³-hybridized carbons (Fsp3) is 0.750. The van der Waals surface area contributed by atoms with Gasteiger partial charge in [0.15, 0.2) is 0 Å². The van der Waals surface area contributed by atoms with Crippen LogP contribution in [0.15, 0.2) is 0 Å². The fourth-order valence-electron chi connectivity index (χ4n) is 0.720. The van der Waals surface area contributed by atoms with Crippen molar-refractivity contribution >= 4 is 12.4 Å². The Labute approximate surface area is 76.6 Å². The van der Waals surface area contributed by atoms with Gasteiger partial charge in [0.2, 0.25) is 0 Å². The van der Waals surface area contributed by atoms with Crippen LogP contribution in [0.2, 0.25) is 0 Å². The van der Waals surface area contributed by atoms with Crippen LogP contribution in [0.4, 0.5) is 0 Å². The first kappa shape index (κ1) is 11.9. The number of carbonyl (C=O) groups excluding carboxylic acids is 1. The monoisotopic (exact) mass is 190 g/mol. The van der Waals surface area contributed by atoms with Crippen LogP contribution < -0.4 is 0 Å². The average molecular weight is 190 g/mol. The molecule has 0 saturated carbocycles. The second-order valence-corrected chi connectivity index (χ2v) is 2.43. The van der Waals surface area contributed by atoms with Gasteiger partial charge in [-0.05, 0) is 6.42 Å². The Bertz CT molecular complexity index is 145. The van der Waals surface area contributed by atoms with E-state index in [4.69, 9.17) is 9.84 Å². The zero-order chi connectivity index (χ0) is 9.94. The summed E-state index contributed by atoms with van der Waals surface area (Å²) in [7, 11) is 0. The van der Waals surface area contributed by atoms with Gasteiger partial charge in [-0.15, -0.1) is 0 Å². The lowest BCUT2D eigenvalue weighted by molar-refractivity contribution is -0.137. The van der Waals surface area contributed by atoms with Crippen LogP contribution in [0.1, 0.15) is 19.3 Å². The van der Waals surface area contributed by atoms with Crippen molar-refractivity contribution in [3.05, 3.63) is 0 Å². The molecular weight excluding hydrogens is 176 g/mol. The van der Waals surface area contributed by atoms with Crippen LogP contribution >= 0.6 is 0 Å². The molecule has 0 bridgehead atoms. The second kappa shape index (κ2) is 8.99. The van der Waals surface area contributed by atoms with Crippen LogP contribution in [-0.2, 0) is 19.1 Å². The first-order valence-corrected chi connectivity index (χ1v) is 4.12. The average Bonchev–Trinajstić information content (AvgIpc) is 2.09. The largest absolute Gasteiger partial charge is 0.481 e. The predicted molar refractivity (Wildman–Crippen MR) is 44.3 cm³/mol. The lowest BCUT2D eigenvalue weighted by Gasteiger charge is -2.01. The third-order valence-electron chi connectivity index (χ3n) is 1.30. The Morgan fingerprint density at radius 1 is 1.23 bits per heavy atom. The van der Waals surface area contributed by atoms with Gasteiger partial charge < -0.3 is 14.6 Å². The minimum atomic E-state index is -0.812. The van der Waals surface area contributed by atoms with Crippen molar-refractivity contribution in [3.63, 3.8) is 0 Å². The van der Waals surface area contributed by atoms with Gasteiger partial charge in [0.25, 0.3) is 6.47 Å². The van der Waals surface area contributed by atoms with E-state index in [9.17, 15) is 9.59 Å². The highest BCUT2D eigenvalue weighted by atomic mass is 16.5. The van der Waals surface area contributed by atoms with E-state index in [0.29, 0.717) is 39.1 Å². The number of ether oxygens (including phenoxy) is 2. The maximum absolute atomic E-state index is 10.1. The third kappa shape index (κ3) is 10.9. The number of hydrogen-bond donors (Lipinski definition) is 1. The molecule has 5 heteroatoms. The van der Waals surface area contributed by atoms with Gasteiger partial charge in [0, 0.05) is 26.1 Å². The standard InChI is InChI=1S/C8H14O5/c9-7-13-6-2-5-12-4-1-3-8(10)11/h7H,1-6H2,(H,10,11). The molecule has 5 nitrogen and oxygen atoms in total. The maximum atomic E-state index is 10.1. The van der Waals surface area contributed by atoms with Gasteiger partial charge in [-0.25, -0.2) is 0 Å². The van der Waals surface area contributed by atoms with Crippen molar-refractivity contribution in [2.45, 2.75) is 19.3 Å². The van der Waals surface area contributed by atoms with Crippen LogP contribution in [0.5, 0.6) is 0 Å². The zero-order valence-corrected chi connectivity index (χ0v) is 7.40. The molecule has 0 amide bonds. The molecule has 0 aliphatic heterocycles. The summed E-state index contributed by atoms with van der Waals surface area (Å²) in [6, 6.07) is 0. The van der Waals surface area contributed by atoms with Gasteiger partial charge in [-0.3, -0.25) is 9.59 Å². The van der Waals surface area contributed by atoms with Crippen LogP contribution in [0.3, 0.4) is 0 Å². The summed E-state index contributed by atoms with van der Waals surface area (Å²) in [4.78, 5) is 19.7. The molecule has 13 heavy (non-hydrogen) atoms. The summed E-state index contributed by atoms with van der Waals surface area (Å²) < 4.78 is 9.49. The lowest BCUT2D eigenvalue weighted by Crippen LogP contribution is -2.03. The number of rotatable bonds is 9. The van der Waals surface area contributed by atoms with Crippen LogP contribution in [-0.4, -0.2) is 37.4 Å². The van der Waals surface area contributed by atoms with Gasteiger partial charge in [-0.2, -0.15) is 0 Å². The Balaban J connectivity index is 2.91. The number of carbonyl (C=O) groups is 2. The first-order valence-electron chi connectivity index (χ1n) is 4.12. The van der Waals surface area contributed by atoms with E-state index < -0.39 is 5.97 Å². The Hall–Kier alpha value is -1.10. The molecule has 76 valence electrons. The molecule has 0 aliphatic rings. The van der Waals surface area contributed by atoms with Crippen LogP contribution in [0, 0.1) is 0 Å². The van der Waals surface area contributed by atoms with Crippen molar-refractivity contribution in [2.75, 3.05) is 19.8 Å². The smallest absolute Gasteiger partial charge is 0.303 e. The van der Waals surface area contributed by atoms with Crippen molar-refractivity contribution in [3.8, 4) is 0 Å². The van der Waals surface area contributed by atoms with Gasteiger partial charge >= 0.3 is 5.97 Å². The lowest BCUT2D eigenvalue weighted by atomic mass is 10.3. The Morgan fingerprint density at radius 3 is 2.54 bits per heavy atom. The second-order valence-electron chi connectivity index (χ2n) is 2.43. The molecule has 0 aromatic carbocycles. The quantitative estimate of drug-likeness (QED) is 0.421. The van der Waals surface area contributed by atoms with E-state index in [1.54, 1.807) is 0 Å². The third-order valence-corrected chi connectivity index (χ3v) is 1.30. The highest BCUT2D eigenvalue weighted by molar-refractivity contribution is 5.66. The summed E-state index contributed by atoms with van der Waals surface area (Å²) in [6.45, 7) is 1.67. The molecule has 0 aromatic rings. The minimum Gasteiger partial charge on any atom is -0.481 e. The first-order chi connectivity index (χ1) is 6.27. The van der Waals surface area contributed by atoms with E-state index in [1.807, 2.05) is 0 Å². The normalized spacial score (nSPS) is 9.54. The molecule has 0 saturated heterocycles. The SMILES string of the molecule is O=COCCCOCCCC(=O)O. The van der Waals surface area contributed by atoms with E-state index in [0.717, 1.165) is 0 Å². The molecule has 0 atom stereocenters. The summed E-state index contributed by atoms with van der Waals surface area (Å²) in [5.41, 5.74) is 0. The highest BCUT2D eigenvalue weighted by Crippen LogP contribution is 1.91. The van der Waals surface area contributed by atoms with E-state index in [1.165, 1.54) is 0 Å². The minimum absolute atomic E-state index is 0.130. The summed E-state index contributed by atoms with van der Waals surface area (Å²) >= 11 is 0. The molecule has 0 aromatic heterocycles. The van der Waals surface area contributed by atoms with E-state index >= 15 is 0 Å². The number of carboxylic acids is 1. The van der Waals surface area contributed by atoms with Crippen molar-refractivity contribution < 1.29 is 24.2 Å². The number of carboxylic acid groups (broad SMARTS) is 1. The summed E-state index contributed by atoms with van der Waals surface area (Å²) in [5, 5.41) is 8.27. The summed E-state index contributed by atoms with van der Waals surface area (Å²) in [6.07, 6.45) is 1.29. The van der Waals surface area contributed by atoms with Gasteiger partial charge in [-0.1, -0.05) is 0 Å². The molecule has 0 unspecified atom stereocenters. The van der Waals surface area contributed by atoms with Crippen molar-refractivity contribution in [2.24, 2.45) is 0 Å². The molecule has 0 aliphatic carbocycles. The molecule has 0 rings (SSSR count). The number of hydrogen-bond acceptors (Lipinski definition) is 4.